The zero-order chi connectivity index (χ0) is 13.9. The molecule has 0 aromatic carbocycles. The molecule has 0 amide bonds. The molecule has 0 atom stereocenters. The highest BCUT2D eigenvalue weighted by atomic mass is 32.1. The van der Waals surface area contributed by atoms with Crippen LogP contribution in [0.25, 0.3) is 10.6 Å². The lowest BCUT2D eigenvalue weighted by molar-refractivity contribution is 0.880. The Hall–Kier alpha value is -0.940. The molecule has 108 valence electrons. The average molecular weight is 307 g/mol. The Labute approximate surface area is 128 Å². The fraction of sp³-hybridized carbons (Fsp3) is 0.600. The van der Waals surface area contributed by atoms with E-state index in [1.165, 1.54) is 28.4 Å². The van der Waals surface area contributed by atoms with Gasteiger partial charge in [-0.25, -0.2) is 9.97 Å². The van der Waals surface area contributed by atoms with Crippen LogP contribution in [0, 0.1) is 0 Å². The van der Waals surface area contributed by atoms with Crippen molar-refractivity contribution in [3.8, 4) is 10.6 Å². The maximum atomic E-state index is 4.87. The maximum Gasteiger partial charge on any atom is 0.183 e. The summed E-state index contributed by atoms with van der Waals surface area (Å²) in [6.07, 6.45) is 5.97. The summed E-state index contributed by atoms with van der Waals surface area (Å²) in [5, 5.41) is 7.90. The second-order valence-electron chi connectivity index (χ2n) is 5.32. The van der Waals surface area contributed by atoms with Crippen LogP contribution in [0.2, 0.25) is 0 Å². The van der Waals surface area contributed by atoms with Crippen molar-refractivity contribution >= 4 is 27.8 Å². The van der Waals surface area contributed by atoms with Crippen molar-refractivity contribution in [3.63, 3.8) is 0 Å². The van der Waals surface area contributed by atoms with Crippen LogP contribution in [0.5, 0.6) is 0 Å². The first-order chi connectivity index (χ1) is 9.81. The Bertz CT molecular complexity index is 569. The fourth-order valence-corrected chi connectivity index (χ4v) is 4.22. The van der Waals surface area contributed by atoms with Gasteiger partial charge in [0, 0.05) is 17.8 Å². The summed E-state index contributed by atoms with van der Waals surface area (Å²) in [5.41, 5.74) is 2.37. The molecule has 0 aliphatic heterocycles. The molecule has 5 heteroatoms. The van der Waals surface area contributed by atoms with Crippen molar-refractivity contribution in [2.24, 2.45) is 0 Å². The number of aryl methyl sites for hydroxylation is 1. The molecule has 0 unspecified atom stereocenters. The second-order valence-corrected chi connectivity index (χ2v) is 7.21. The molecule has 1 aliphatic rings. The van der Waals surface area contributed by atoms with E-state index >= 15 is 0 Å². The maximum absolute atomic E-state index is 4.87. The quantitative estimate of drug-likeness (QED) is 0.789. The zero-order valence-corrected chi connectivity index (χ0v) is 13.7. The molecule has 0 bridgehead atoms. The summed E-state index contributed by atoms with van der Waals surface area (Å²) in [6.45, 7) is 5.38. The van der Waals surface area contributed by atoms with Crippen LogP contribution >= 0.6 is 22.7 Å². The van der Waals surface area contributed by atoms with Crippen molar-refractivity contribution in [1.82, 2.24) is 9.97 Å². The molecule has 1 saturated carbocycles. The minimum absolute atomic E-state index is 0.737. The van der Waals surface area contributed by atoms with Crippen molar-refractivity contribution in [1.29, 1.82) is 0 Å². The minimum Gasteiger partial charge on any atom is -0.362 e. The van der Waals surface area contributed by atoms with Gasteiger partial charge in [0.25, 0.3) is 0 Å². The summed E-state index contributed by atoms with van der Waals surface area (Å²) in [5.74, 6) is 0.737. The third-order valence-corrected chi connectivity index (χ3v) is 5.47. The Morgan fingerprint density at radius 1 is 1.25 bits per heavy atom. The van der Waals surface area contributed by atoms with Gasteiger partial charge >= 0.3 is 0 Å². The number of hydrogen-bond donors (Lipinski definition) is 1. The molecule has 3 nitrogen and oxygen atoms in total. The lowest BCUT2D eigenvalue weighted by Crippen LogP contribution is -1.98. The molecule has 0 saturated heterocycles. The van der Waals surface area contributed by atoms with Gasteiger partial charge in [-0.2, -0.15) is 0 Å². The van der Waals surface area contributed by atoms with Crippen molar-refractivity contribution < 1.29 is 0 Å². The third-order valence-electron chi connectivity index (χ3n) is 3.39. The van der Waals surface area contributed by atoms with E-state index in [0.717, 1.165) is 42.6 Å². The monoisotopic (exact) mass is 307 g/mol. The SMILES string of the molecule is CCCNc1nc(-c2sc(C3CC3)nc2CCC)cs1. The van der Waals surface area contributed by atoms with Gasteiger partial charge in [-0.1, -0.05) is 20.3 Å². The summed E-state index contributed by atoms with van der Waals surface area (Å²) in [7, 11) is 0. The molecule has 3 rings (SSSR count). The molecule has 20 heavy (non-hydrogen) atoms. The normalized spacial score (nSPS) is 14.7. The Kier molecular flexibility index (Phi) is 4.36. The van der Waals surface area contributed by atoms with Crippen molar-refractivity contribution in [2.75, 3.05) is 11.9 Å². The van der Waals surface area contributed by atoms with Crippen molar-refractivity contribution in [2.45, 2.75) is 51.9 Å². The zero-order valence-electron chi connectivity index (χ0n) is 12.1. The molecular formula is C15H21N3S2. The highest BCUT2D eigenvalue weighted by molar-refractivity contribution is 7.17. The van der Waals surface area contributed by atoms with E-state index in [1.807, 2.05) is 11.3 Å². The fourth-order valence-electron chi connectivity index (χ4n) is 2.17. The number of rotatable bonds is 7. The highest BCUT2D eigenvalue weighted by Gasteiger charge is 2.28. The summed E-state index contributed by atoms with van der Waals surface area (Å²) in [4.78, 5) is 10.9. The largest absolute Gasteiger partial charge is 0.362 e. The first-order valence-corrected chi connectivity index (χ1v) is 9.20. The summed E-state index contributed by atoms with van der Waals surface area (Å²) >= 11 is 3.57. The van der Waals surface area contributed by atoms with Crippen molar-refractivity contribution in [3.05, 3.63) is 16.1 Å². The molecule has 2 aromatic heterocycles. The van der Waals surface area contributed by atoms with Crippen LogP contribution in [0.1, 0.15) is 56.2 Å². The van der Waals surface area contributed by atoms with Crippen LogP contribution in [-0.2, 0) is 6.42 Å². The second kappa shape index (κ2) is 6.22. The Morgan fingerprint density at radius 3 is 2.80 bits per heavy atom. The molecule has 0 spiro atoms. The average Bonchev–Trinajstić information content (AvgIpc) is 3.05. The van der Waals surface area contributed by atoms with E-state index in [-0.39, 0.29) is 0 Å². The number of hydrogen-bond acceptors (Lipinski definition) is 5. The number of anilines is 1. The van der Waals surface area contributed by atoms with Gasteiger partial charge in [-0.3, -0.25) is 0 Å². The van der Waals surface area contributed by atoms with Gasteiger partial charge in [0.15, 0.2) is 5.13 Å². The highest BCUT2D eigenvalue weighted by Crippen LogP contribution is 2.45. The first kappa shape index (κ1) is 14.0. The smallest absolute Gasteiger partial charge is 0.183 e. The molecule has 1 aliphatic carbocycles. The van der Waals surface area contributed by atoms with Crippen LogP contribution < -0.4 is 5.32 Å². The van der Waals surface area contributed by atoms with Gasteiger partial charge in [-0.05, 0) is 25.7 Å². The number of aromatic nitrogens is 2. The van der Waals surface area contributed by atoms with Crippen LogP contribution in [-0.4, -0.2) is 16.5 Å². The van der Waals surface area contributed by atoms with Gasteiger partial charge in [0.2, 0.25) is 0 Å². The Balaban J connectivity index is 1.85. The van der Waals surface area contributed by atoms with Crippen LogP contribution in [0.15, 0.2) is 5.38 Å². The lowest BCUT2D eigenvalue weighted by Gasteiger charge is -1.98. The molecule has 1 N–H and O–H groups in total. The van der Waals surface area contributed by atoms with Gasteiger partial charge in [-0.15, -0.1) is 22.7 Å². The van der Waals surface area contributed by atoms with E-state index in [1.54, 1.807) is 11.3 Å². The standard InChI is InChI=1S/C15H21N3S2/c1-3-5-11-13(20-14(17-11)10-6-7-10)12-9-19-15(18-12)16-8-4-2/h9-10H,3-8H2,1-2H3,(H,16,18). The number of nitrogens with zero attached hydrogens (tertiary/aromatic N) is 2. The van der Waals surface area contributed by atoms with Gasteiger partial charge in [0.05, 0.1) is 21.3 Å². The predicted octanol–water partition coefficient (Wildman–Crippen LogP) is 4.92. The van der Waals surface area contributed by atoms with E-state index in [4.69, 9.17) is 9.97 Å². The molecule has 2 aromatic rings. The minimum atomic E-state index is 0.737. The molecule has 1 fully saturated rings. The van der Waals surface area contributed by atoms with Gasteiger partial charge in [0.1, 0.15) is 0 Å². The number of nitrogens with one attached hydrogen (secondary N) is 1. The lowest BCUT2D eigenvalue weighted by atomic mass is 10.2. The van der Waals surface area contributed by atoms with E-state index in [9.17, 15) is 0 Å². The molecular weight excluding hydrogens is 286 g/mol. The topological polar surface area (TPSA) is 37.8 Å². The van der Waals surface area contributed by atoms with E-state index in [2.05, 4.69) is 24.5 Å². The molecule has 2 heterocycles. The molecule has 0 radical (unpaired) electrons. The summed E-state index contributed by atoms with van der Waals surface area (Å²) < 4.78 is 0. The first-order valence-electron chi connectivity index (χ1n) is 7.51. The van der Waals surface area contributed by atoms with Gasteiger partial charge < -0.3 is 5.32 Å². The van der Waals surface area contributed by atoms with E-state index < -0.39 is 0 Å². The third kappa shape index (κ3) is 3.04. The Morgan fingerprint density at radius 2 is 2.10 bits per heavy atom. The van der Waals surface area contributed by atoms with Crippen LogP contribution in [0.3, 0.4) is 0 Å². The van der Waals surface area contributed by atoms with E-state index in [0.29, 0.717) is 0 Å². The summed E-state index contributed by atoms with van der Waals surface area (Å²) in [6, 6.07) is 0. The number of thiazole rings is 2. The predicted molar refractivity (Wildman–Crippen MR) is 88.0 cm³/mol. The van der Waals surface area contributed by atoms with Crippen LogP contribution in [0.4, 0.5) is 5.13 Å².